The topological polar surface area (TPSA) is 285 Å². The van der Waals surface area contributed by atoms with Gasteiger partial charge in [-0.25, -0.2) is 44.8 Å². The summed E-state index contributed by atoms with van der Waals surface area (Å²) < 4.78 is 95.5. The molecule has 0 aliphatic carbocycles. The summed E-state index contributed by atoms with van der Waals surface area (Å²) in [5.74, 6) is -1.56. The standard InChI is InChI=1S/C24H28N4O6S.C22H26N4O6S2/c1-4-34-24(30)20-14-18(15-25)22(26-16(20)2)28-12-10-19(11-13-28)35(31,32)27-23(29)21(33-3)17-8-6-5-7-9-17;1-3-32-22(27)20-13-18(14-23)21(24-16(20)2)26-11-9-19(10-12-26)34(30,31)25-33(28,29)15-17-7-5-4-6-8-17/h5-9,14,19,21H,4,10-13H2,1-3H3,(H,27,29);4-8,13,19,25H,3,9-12,15H2,1-2H3. The zero-order valence-corrected chi connectivity index (χ0v) is 41.2. The van der Waals surface area contributed by atoms with Gasteiger partial charge in [0.25, 0.3) is 5.91 Å². The Hall–Kier alpha value is -6.50. The van der Waals surface area contributed by atoms with E-state index in [1.807, 2.05) is 15.1 Å². The van der Waals surface area contributed by atoms with Gasteiger partial charge in [0.1, 0.15) is 23.8 Å². The van der Waals surface area contributed by atoms with Crippen molar-refractivity contribution in [3.05, 3.63) is 118 Å². The Balaban J connectivity index is 0.000000258. The van der Waals surface area contributed by atoms with Gasteiger partial charge in [0.05, 0.1) is 63.1 Å². The van der Waals surface area contributed by atoms with E-state index < -0.39 is 70.3 Å². The van der Waals surface area contributed by atoms with Crippen LogP contribution in [0.5, 0.6) is 0 Å². The molecule has 2 aromatic carbocycles. The zero-order valence-electron chi connectivity index (χ0n) is 38.7. The maximum Gasteiger partial charge on any atom is 0.340 e. The number of rotatable bonds is 16. The third-order valence-corrected chi connectivity index (χ3v) is 17.1. The highest BCUT2D eigenvalue weighted by Gasteiger charge is 2.36. The molecule has 0 bridgehead atoms. The van der Waals surface area contributed by atoms with Gasteiger partial charge in [-0.15, -0.1) is 4.13 Å². The van der Waals surface area contributed by atoms with E-state index in [2.05, 4.69) is 20.8 Å². The van der Waals surface area contributed by atoms with Crippen molar-refractivity contribution in [1.82, 2.24) is 18.8 Å². The average Bonchev–Trinajstić information content (AvgIpc) is 3.32. The normalized spacial score (nSPS) is 15.1. The number of anilines is 2. The molecule has 2 aromatic heterocycles. The van der Waals surface area contributed by atoms with Crippen molar-refractivity contribution < 1.29 is 53.8 Å². The maximum absolute atomic E-state index is 12.9. The lowest BCUT2D eigenvalue weighted by atomic mass is 10.1. The third-order valence-electron chi connectivity index (χ3n) is 11.2. The predicted molar refractivity (Wildman–Crippen MR) is 254 cm³/mol. The Morgan fingerprint density at radius 2 is 1.12 bits per heavy atom. The van der Waals surface area contributed by atoms with Crippen molar-refractivity contribution in [3.63, 3.8) is 0 Å². The Kier molecular flexibility index (Phi) is 18.3. The van der Waals surface area contributed by atoms with Gasteiger partial charge in [0.15, 0.2) is 6.10 Å². The molecule has 4 aromatic rings. The second kappa shape index (κ2) is 23.7. The molecular weight excluding hydrogens is 953 g/mol. The maximum atomic E-state index is 12.9. The summed E-state index contributed by atoms with van der Waals surface area (Å²) >= 11 is 0. The van der Waals surface area contributed by atoms with Crippen molar-refractivity contribution in [2.75, 3.05) is 56.3 Å². The van der Waals surface area contributed by atoms with Gasteiger partial charge >= 0.3 is 11.9 Å². The fourth-order valence-electron chi connectivity index (χ4n) is 7.79. The Morgan fingerprint density at radius 3 is 1.52 bits per heavy atom. The van der Waals surface area contributed by atoms with Crippen molar-refractivity contribution in [3.8, 4) is 12.1 Å². The number of nitrogens with zero attached hydrogens (tertiary/aromatic N) is 6. The van der Waals surface area contributed by atoms with Crippen LogP contribution in [0.4, 0.5) is 11.6 Å². The first kappa shape index (κ1) is 53.5. The Bertz CT molecular complexity index is 2910. The SMILES string of the molecule is CCOC(=O)c1cc(C#N)c(N2CCC(S(=O)(=O)NC(=O)C(OC)c3ccccc3)CC2)nc1C.CCOC(=O)c1cc(C#N)c(N2CCC(S(=O)(=O)NS(=O)(=O)Cc3ccccc3)CC2)nc1C. The molecule has 20 nitrogen and oxygen atoms in total. The minimum absolute atomic E-state index is 0.154. The third kappa shape index (κ3) is 13.8. The summed E-state index contributed by atoms with van der Waals surface area (Å²) in [6, 6.07) is 23.9. The molecule has 368 valence electrons. The lowest BCUT2D eigenvalue weighted by Gasteiger charge is -2.33. The number of hydrogen-bond acceptors (Lipinski definition) is 18. The number of amides is 1. The van der Waals surface area contributed by atoms with Gasteiger partial charge in [-0.3, -0.25) is 9.52 Å². The highest BCUT2D eigenvalue weighted by molar-refractivity contribution is 8.04. The Labute approximate surface area is 402 Å². The molecule has 2 aliphatic heterocycles. The van der Waals surface area contributed by atoms with Crippen molar-refractivity contribution >= 4 is 59.6 Å². The molecule has 1 unspecified atom stereocenters. The first-order valence-electron chi connectivity index (χ1n) is 21.9. The number of benzene rings is 2. The molecule has 1 amide bonds. The number of sulfonamides is 3. The number of nitrogens with one attached hydrogen (secondary N) is 2. The summed E-state index contributed by atoms with van der Waals surface area (Å²) in [6.07, 6.45) is -0.273. The monoisotopic (exact) mass is 1010 g/mol. The second-order valence-corrected chi connectivity index (χ2v) is 21.8. The molecular formula is C46H54N8O12S3. The van der Waals surface area contributed by atoms with E-state index in [1.165, 1.54) is 19.2 Å². The van der Waals surface area contributed by atoms with Crippen LogP contribution < -0.4 is 18.6 Å². The fraction of sp³-hybridized carbons (Fsp3) is 0.413. The number of piperidine rings is 2. The molecule has 0 saturated carbocycles. The summed E-state index contributed by atoms with van der Waals surface area (Å²) in [6.45, 7) is 8.19. The molecule has 69 heavy (non-hydrogen) atoms. The first-order valence-corrected chi connectivity index (χ1v) is 26.6. The van der Waals surface area contributed by atoms with E-state index in [0.717, 1.165) is 0 Å². The number of esters is 2. The predicted octanol–water partition coefficient (Wildman–Crippen LogP) is 4.10. The molecule has 2 saturated heterocycles. The zero-order chi connectivity index (χ0) is 50.5. The van der Waals surface area contributed by atoms with Crippen LogP contribution in [-0.2, 0) is 54.8 Å². The molecule has 23 heteroatoms. The van der Waals surface area contributed by atoms with Gasteiger partial charge in [0, 0.05) is 33.3 Å². The van der Waals surface area contributed by atoms with E-state index in [9.17, 15) is 50.2 Å². The summed E-state index contributed by atoms with van der Waals surface area (Å²) in [5, 5.41) is 17.5. The van der Waals surface area contributed by atoms with E-state index in [-0.39, 0.29) is 74.2 Å². The number of methoxy groups -OCH3 is 1. The number of hydrogen-bond donors (Lipinski definition) is 2. The van der Waals surface area contributed by atoms with Gasteiger partial charge in [0.2, 0.25) is 30.1 Å². The smallest absolute Gasteiger partial charge is 0.340 e. The number of ether oxygens (including phenoxy) is 3. The number of carbonyl (C=O) groups is 3. The fourth-order valence-corrected chi connectivity index (χ4v) is 12.8. The highest BCUT2D eigenvalue weighted by Crippen LogP contribution is 2.29. The van der Waals surface area contributed by atoms with Crippen LogP contribution in [0, 0.1) is 36.5 Å². The van der Waals surface area contributed by atoms with Crippen LogP contribution in [0.3, 0.4) is 0 Å². The van der Waals surface area contributed by atoms with Crippen LogP contribution in [0.1, 0.15) is 100.0 Å². The van der Waals surface area contributed by atoms with Crippen LogP contribution >= 0.6 is 0 Å². The molecule has 0 radical (unpaired) electrons. The van der Waals surface area contributed by atoms with E-state index >= 15 is 0 Å². The first-order chi connectivity index (χ1) is 32.8. The molecule has 2 aliphatic rings. The van der Waals surface area contributed by atoms with Crippen LogP contribution in [0.2, 0.25) is 0 Å². The van der Waals surface area contributed by atoms with Gasteiger partial charge in [-0.05, 0) is 76.6 Å². The van der Waals surface area contributed by atoms with Crippen LogP contribution in [0.25, 0.3) is 0 Å². The van der Waals surface area contributed by atoms with Crippen molar-refractivity contribution in [1.29, 1.82) is 10.5 Å². The number of aromatic nitrogens is 2. The highest BCUT2D eigenvalue weighted by atomic mass is 32.3. The van der Waals surface area contributed by atoms with E-state index in [4.69, 9.17) is 14.2 Å². The molecule has 2 fully saturated rings. The minimum Gasteiger partial charge on any atom is -0.462 e. The Morgan fingerprint density at radius 1 is 0.696 bits per heavy atom. The van der Waals surface area contributed by atoms with Crippen LogP contribution in [0.15, 0.2) is 72.8 Å². The van der Waals surface area contributed by atoms with E-state index in [1.54, 1.807) is 93.3 Å². The number of nitriles is 2. The number of pyridine rings is 2. The number of aryl methyl sites for hydroxylation is 2. The molecule has 4 heterocycles. The van der Waals surface area contributed by atoms with Crippen LogP contribution in [-0.4, -0.2) is 110 Å². The summed E-state index contributed by atoms with van der Waals surface area (Å²) in [4.78, 5) is 49.3. The second-order valence-electron chi connectivity index (χ2n) is 15.9. The van der Waals surface area contributed by atoms with Gasteiger partial charge < -0.3 is 24.0 Å². The minimum atomic E-state index is -4.13. The lowest BCUT2D eigenvalue weighted by Crippen LogP contribution is -2.46. The summed E-state index contributed by atoms with van der Waals surface area (Å²) in [7, 11) is -10.8. The van der Waals surface area contributed by atoms with E-state index in [0.29, 0.717) is 47.2 Å². The van der Waals surface area contributed by atoms with Crippen molar-refractivity contribution in [2.45, 2.75) is 75.7 Å². The quantitative estimate of drug-likeness (QED) is 0.149. The van der Waals surface area contributed by atoms with Gasteiger partial charge in [-0.1, -0.05) is 60.7 Å². The van der Waals surface area contributed by atoms with Crippen molar-refractivity contribution in [2.24, 2.45) is 0 Å². The lowest BCUT2D eigenvalue weighted by molar-refractivity contribution is -0.129. The number of carbonyl (C=O) groups excluding carboxylic acids is 3. The van der Waals surface area contributed by atoms with Gasteiger partial charge in [-0.2, -0.15) is 10.5 Å². The largest absolute Gasteiger partial charge is 0.462 e. The average molecular weight is 1010 g/mol. The molecule has 2 N–H and O–H groups in total. The summed E-state index contributed by atoms with van der Waals surface area (Å²) in [5.41, 5.74) is 2.66. The molecule has 0 spiro atoms. The molecule has 1 atom stereocenters. The molecule has 6 rings (SSSR count).